The molecule has 0 amide bonds. The van der Waals surface area contributed by atoms with Crippen molar-refractivity contribution in [3.63, 3.8) is 0 Å². The van der Waals surface area contributed by atoms with Gasteiger partial charge >= 0.3 is 11.6 Å². The number of nitrogens with zero attached hydrogens (tertiary/aromatic N) is 3. The Morgan fingerprint density at radius 3 is 2.36 bits per heavy atom. The molecule has 4 aromatic carbocycles. The van der Waals surface area contributed by atoms with Gasteiger partial charge in [0.2, 0.25) is 15.7 Å². The second kappa shape index (κ2) is 11.5. The third kappa shape index (κ3) is 5.10. The molecule has 0 radical (unpaired) electrons. The molecule has 1 N–H and O–H groups in total. The van der Waals surface area contributed by atoms with Crippen LogP contribution < -0.4 is 25.9 Å². The van der Waals surface area contributed by atoms with Crippen molar-refractivity contribution in [2.24, 2.45) is 0 Å². The predicted molar refractivity (Wildman–Crippen MR) is 173 cm³/mol. The molecule has 0 aliphatic carbocycles. The Morgan fingerprint density at radius 2 is 1.69 bits per heavy atom. The number of aromatic nitrogens is 2. The van der Waals surface area contributed by atoms with Gasteiger partial charge in [0.05, 0.1) is 17.9 Å². The first-order valence-electron chi connectivity index (χ1n) is 14.5. The molecule has 12 heteroatoms. The minimum absolute atomic E-state index is 0.0465. The molecule has 0 saturated carbocycles. The summed E-state index contributed by atoms with van der Waals surface area (Å²) in [7, 11) is -4.92. The lowest BCUT2D eigenvalue weighted by Gasteiger charge is -2.42. The quantitative estimate of drug-likeness (QED) is 0.202. The molecule has 7 rings (SSSR count). The molecule has 230 valence electrons. The topological polar surface area (TPSA) is 90.5 Å². The molecule has 2 atom stereocenters. The van der Waals surface area contributed by atoms with E-state index in [1.165, 1.54) is 31.7 Å². The van der Waals surface area contributed by atoms with E-state index in [9.17, 15) is 13.2 Å². The summed E-state index contributed by atoms with van der Waals surface area (Å²) >= 11 is 6.43. The van der Waals surface area contributed by atoms with Crippen molar-refractivity contribution in [3.05, 3.63) is 129 Å². The normalized spacial score (nSPS) is 18.8. The number of fused-ring (bicyclic) bond motifs is 4. The first-order valence-corrected chi connectivity index (χ1v) is 17.9. The highest BCUT2D eigenvalue weighted by Crippen LogP contribution is 2.47. The van der Waals surface area contributed by atoms with Crippen LogP contribution in [0.15, 0.2) is 105 Å². The van der Waals surface area contributed by atoms with E-state index < -0.39 is 41.5 Å². The maximum absolute atomic E-state index is 15.5. The average molecular weight is 664 g/mol. The maximum Gasteiger partial charge on any atom is 0.470 e. The standard InChI is InChI=1S/C33H29ClFN4O4PS/c1-21-13-15-26(35)29-22(2)31(32-39(30(21)29)36-33(40)43-32)38-20-37(27-19-23(34)14-16-28(27)45(38,41)42)17-18-44(24-9-5-3-6-10-24)25-11-7-4-8-12-25/h3-16,19,22,31H,17-18,20H2,1-2H3/p+1/t22-,31+/m1/s1. The molecule has 5 aromatic rings. The monoisotopic (exact) mass is 663 g/mol. The van der Waals surface area contributed by atoms with Gasteiger partial charge in [-0.1, -0.05) is 84.3 Å². The van der Waals surface area contributed by atoms with Crippen molar-refractivity contribution in [1.82, 2.24) is 9.40 Å². The Hall–Kier alpha value is -3.82. The van der Waals surface area contributed by atoms with Gasteiger partial charge in [-0.05, 0) is 66.6 Å². The molecule has 3 heterocycles. The highest BCUT2D eigenvalue weighted by atomic mass is 35.5. The molecule has 45 heavy (non-hydrogen) atoms. The Balaban J connectivity index is 1.32. The third-order valence-electron chi connectivity index (χ3n) is 8.59. The number of hydrogen-bond acceptors (Lipinski definition) is 5. The van der Waals surface area contributed by atoms with E-state index >= 15 is 4.39 Å². The van der Waals surface area contributed by atoms with E-state index in [2.05, 4.69) is 29.4 Å². The summed E-state index contributed by atoms with van der Waals surface area (Å²) in [6.07, 6.45) is 0.735. The largest absolute Gasteiger partial charge is 0.470 e. The zero-order valence-corrected chi connectivity index (χ0v) is 27.0. The Bertz CT molecular complexity index is 2030. The fourth-order valence-corrected chi connectivity index (χ4v) is 10.8. The summed E-state index contributed by atoms with van der Waals surface area (Å²) in [6, 6.07) is 27.3. The van der Waals surface area contributed by atoms with Crippen molar-refractivity contribution in [2.45, 2.75) is 30.7 Å². The molecule has 0 bridgehead atoms. The molecule has 0 unspecified atom stereocenters. The summed E-state index contributed by atoms with van der Waals surface area (Å²) in [5.74, 6) is -1.81. The minimum atomic E-state index is -4.14. The van der Waals surface area contributed by atoms with Crippen molar-refractivity contribution >= 4 is 45.8 Å². The number of benzene rings is 4. The van der Waals surface area contributed by atoms with Crippen LogP contribution in [0.4, 0.5) is 10.1 Å². The zero-order valence-electron chi connectivity index (χ0n) is 24.5. The average Bonchev–Trinajstić information content (AvgIpc) is 3.42. The van der Waals surface area contributed by atoms with Crippen LogP contribution >= 0.6 is 19.5 Å². The number of anilines is 1. The fourth-order valence-electron chi connectivity index (χ4n) is 6.51. The number of aryl methyl sites for hydroxylation is 1. The van der Waals surface area contributed by atoms with Gasteiger partial charge in [0.25, 0.3) is 0 Å². The van der Waals surface area contributed by atoms with Gasteiger partial charge in [-0.15, -0.1) is 0 Å². The minimum Gasteiger partial charge on any atom is -0.356 e. The van der Waals surface area contributed by atoms with Gasteiger partial charge in [-0.3, -0.25) is 0 Å². The Kier molecular flexibility index (Phi) is 7.64. The Labute approximate surface area is 266 Å². The van der Waals surface area contributed by atoms with Crippen LogP contribution in [-0.2, 0) is 10.0 Å². The van der Waals surface area contributed by atoms with Crippen LogP contribution in [0, 0.1) is 12.7 Å². The molecular weight excluding hydrogens is 634 g/mol. The third-order valence-corrected chi connectivity index (χ3v) is 13.2. The van der Waals surface area contributed by atoms with E-state index in [0.717, 1.165) is 11.7 Å². The van der Waals surface area contributed by atoms with E-state index in [1.807, 2.05) is 48.2 Å². The number of rotatable bonds is 6. The van der Waals surface area contributed by atoms with Crippen LogP contribution in [0.5, 0.6) is 0 Å². The summed E-state index contributed by atoms with van der Waals surface area (Å²) in [6.45, 7) is 4.04. The van der Waals surface area contributed by atoms with E-state index in [-0.39, 0.29) is 17.5 Å². The highest BCUT2D eigenvalue weighted by molar-refractivity contribution is 7.89. The van der Waals surface area contributed by atoms with Crippen LogP contribution in [0.2, 0.25) is 5.02 Å². The second-order valence-corrected chi connectivity index (χ2v) is 15.9. The van der Waals surface area contributed by atoms with Gasteiger partial charge < -0.3 is 9.32 Å². The lowest BCUT2D eigenvalue weighted by atomic mass is 9.87. The number of aromatic amines is 1. The van der Waals surface area contributed by atoms with Gasteiger partial charge in [-0.2, -0.15) is 4.31 Å². The van der Waals surface area contributed by atoms with Gasteiger partial charge in [0.15, 0.2) is 6.04 Å². The first-order chi connectivity index (χ1) is 21.6. The molecule has 2 aliphatic rings. The summed E-state index contributed by atoms with van der Waals surface area (Å²) in [5, 5.41) is 5.47. The van der Waals surface area contributed by atoms with Gasteiger partial charge in [-0.25, -0.2) is 17.6 Å². The molecular formula is C33H30ClFN4O4PS+. The highest BCUT2D eigenvalue weighted by Gasteiger charge is 2.53. The molecule has 0 spiro atoms. The lowest BCUT2D eigenvalue weighted by molar-refractivity contribution is -0.675. The van der Waals surface area contributed by atoms with Gasteiger partial charge in [0.1, 0.15) is 10.7 Å². The van der Waals surface area contributed by atoms with Crippen molar-refractivity contribution in [3.8, 4) is 5.69 Å². The molecule has 1 aromatic heterocycles. The van der Waals surface area contributed by atoms with Gasteiger partial charge in [0, 0.05) is 23.0 Å². The number of nitrogens with one attached hydrogen (secondary N) is 1. The number of hydrogen-bond donors (Lipinski definition) is 1. The summed E-state index contributed by atoms with van der Waals surface area (Å²) in [5.41, 5.74) is 1.99. The van der Waals surface area contributed by atoms with Crippen LogP contribution in [0.25, 0.3) is 5.69 Å². The molecule has 0 saturated heterocycles. The maximum atomic E-state index is 15.5. The molecule has 0 fully saturated rings. The Morgan fingerprint density at radius 1 is 1.02 bits per heavy atom. The molecule has 8 nitrogen and oxygen atoms in total. The van der Waals surface area contributed by atoms with Crippen LogP contribution in [-0.4, -0.2) is 37.2 Å². The predicted octanol–water partition coefficient (Wildman–Crippen LogP) is 5.11. The molecule has 2 aliphatic heterocycles. The second-order valence-electron chi connectivity index (χ2n) is 11.3. The smallest absolute Gasteiger partial charge is 0.356 e. The van der Waals surface area contributed by atoms with Crippen molar-refractivity contribution in [2.75, 3.05) is 24.3 Å². The van der Waals surface area contributed by atoms with E-state index in [4.69, 9.17) is 16.0 Å². The van der Waals surface area contributed by atoms with E-state index in [0.29, 0.717) is 28.5 Å². The van der Waals surface area contributed by atoms with Crippen LogP contribution in [0.3, 0.4) is 0 Å². The number of H-pyrrole nitrogens is 1. The SMILES string of the molecule is Cc1ccc(F)c2c1-[n+]1[nH]c(=O)oc1[C@@H](N1CN(CCP(c3ccccc3)c3ccccc3)c3cc(Cl)ccc3S1(=O)=O)[C@@H]2C. The number of sulfonamides is 1. The van der Waals surface area contributed by atoms with E-state index in [1.54, 1.807) is 25.1 Å². The van der Waals surface area contributed by atoms with Crippen LogP contribution in [0.1, 0.15) is 35.9 Å². The summed E-state index contributed by atoms with van der Waals surface area (Å²) < 4.78 is 52.6. The number of halogens is 2. The lowest BCUT2D eigenvalue weighted by Crippen LogP contribution is -2.55. The first kappa shape index (κ1) is 29.9. The van der Waals surface area contributed by atoms with Crippen molar-refractivity contribution < 1.29 is 21.9 Å². The fraction of sp³-hybridized carbons (Fsp3) is 0.212. The van der Waals surface area contributed by atoms with Crippen molar-refractivity contribution in [1.29, 1.82) is 0 Å². The zero-order chi connectivity index (χ0) is 31.5. The summed E-state index contributed by atoms with van der Waals surface area (Å²) in [4.78, 5) is 14.7.